The van der Waals surface area contributed by atoms with Gasteiger partial charge in [-0.3, -0.25) is 0 Å². The standard InChI is InChI=1S/C18H32/c1-8-9-10-18(13-17(7)15(4)5)12-11-16(6)14(2)3/h10,16-17H,2,4,8-9,11-13H2,1,3,5-7H3. The van der Waals surface area contributed by atoms with Gasteiger partial charge in [0, 0.05) is 0 Å². The second-order valence-corrected chi connectivity index (χ2v) is 5.89. The van der Waals surface area contributed by atoms with Crippen LogP contribution in [0.25, 0.3) is 0 Å². The van der Waals surface area contributed by atoms with Gasteiger partial charge in [-0.2, -0.15) is 0 Å². The van der Waals surface area contributed by atoms with Gasteiger partial charge in [-0.15, -0.1) is 0 Å². The van der Waals surface area contributed by atoms with Gasteiger partial charge < -0.3 is 0 Å². The molecule has 0 aliphatic heterocycles. The topological polar surface area (TPSA) is 0 Å². The first-order valence-corrected chi connectivity index (χ1v) is 7.37. The maximum absolute atomic E-state index is 4.07. The molecule has 0 saturated carbocycles. The van der Waals surface area contributed by atoms with Gasteiger partial charge in [0.05, 0.1) is 0 Å². The molecular weight excluding hydrogens is 216 g/mol. The van der Waals surface area contributed by atoms with E-state index in [1.807, 2.05) is 0 Å². The minimum Gasteiger partial charge on any atom is -0.0999 e. The predicted molar refractivity (Wildman–Crippen MR) is 84.8 cm³/mol. The van der Waals surface area contributed by atoms with Crippen LogP contribution in [-0.4, -0.2) is 0 Å². The first kappa shape index (κ1) is 17.2. The molecule has 0 fully saturated rings. The number of hydrogen-bond acceptors (Lipinski definition) is 0. The van der Waals surface area contributed by atoms with Gasteiger partial charge in [0.15, 0.2) is 0 Å². The third-order valence-electron chi connectivity index (χ3n) is 3.87. The van der Waals surface area contributed by atoms with Gasteiger partial charge in [0.2, 0.25) is 0 Å². The van der Waals surface area contributed by atoms with Crippen molar-refractivity contribution in [1.29, 1.82) is 0 Å². The van der Waals surface area contributed by atoms with Crippen LogP contribution in [0.1, 0.15) is 66.7 Å². The van der Waals surface area contributed by atoms with Crippen LogP contribution in [0.3, 0.4) is 0 Å². The summed E-state index contributed by atoms with van der Waals surface area (Å²) in [4.78, 5) is 0. The van der Waals surface area contributed by atoms with Crippen LogP contribution >= 0.6 is 0 Å². The molecule has 0 amide bonds. The summed E-state index contributed by atoms with van der Waals surface area (Å²) < 4.78 is 0. The maximum atomic E-state index is 4.07. The summed E-state index contributed by atoms with van der Waals surface area (Å²) in [5, 5.41) is 0. The van der Waals surface area contributed by atoms with Crippen molar-refractivity contribution >= 4 is 0 Å². The summed E-state index contributed by atoms with van der Waals surface area (Å²) in [6, 6.07) is 0. The minimum atomic E-state index is 0.605. The van der Waals surface area contributed by atoms with Crippen LogP contribution in [-0.2, 0) is 0 Å². The number of hydrogen-bond donors (Lipinski definition) is 0. The lowest BCUT2D eigenvalue weighted by Gasteiger charge is -2.17. The lowest BCUT2D eigenvalue weighted by atomic mass is 9.89. The Morgan fingerprint density at radius 3 is 2.06 bits per heavy atom. The number of rotatable bonds is 9. The highest BCUT2D eigenvalue weighted by molar-refractivity contribution is 5.09. The molecule has 0 N–H and O–H groups in total. The normalized spacial score (nSPS) is 15.3. The predicted octanol–water partition coefficient (Wildman–Crippen LogP) is 6.31. The number of allylic oxidation sites excluding steroid dienone is 4. The highest BCUT2D eigenvalue weighted by atomic mass is 14.1. The molecule has 0 aromatic heterocycles. The highest BCUT2D eigenvalue weighted by Crippen LogP contribution is 2.25. The van der Waals surface area contributed by atoms with Crippen molar-refractivity contribution in [1.82, 2.24) is 0 Å². The molecule has 0 saturated heterocycles. The molecule has 0 aliphatic rings. The number of unbranched alkanes of at least 4 members (excludes halogenated alkanes) is 1. The Kier molecular flexibility index (Phi) is 8.79. The molecule has 104 valence electrons. The Morgan fingerprint density at radius 1 is 1.06 bits per heavy atom. The van der Waals surface area contributed by atoms with Crippen LogP contribution in [0.2, 0.25) is 0 Å². The van der Waals surface area contributed by atoms with E-state index in [9.17, 15) is 0 Å². The lowest BCUT2D eigenvalue weighted by Crippen LogP contribution is -2.01. The maximum Gasteiger partial charge on any atom is -0.0200 e. The van der Waals surface area contributed by atoms with E-state index in [1.165, 1.54) is 43.3 Å². The average molecular weight is 248 g/mol. The molecule has 0 radical (unpaired) electrons. The van der Waals surface area contributed by atoms with Gasteiger partial charge in [0.25, 0.3) is 0 Å². The lowest BCUT2D eigenvalue weighted by molar-refractivity contribution is 0.578. The van der Waals surface area contributed by atoms with E-state index in [2.05, 4.69) is 53.9 Å². The first-order valence-electron chi connectivity index (χ1n) is 7.37. The van der Waals surface area contributed by atoms with Crippen molar-refractivity contribution < 1.29 is 0 Å². The Balaban J connectivity index is 4.41. The van der Waals surface area contributed by atoms with E-state index in [-0.39, 0.29) is 0 Å². The molecule has 0 heterocycles. The quantitative estimate of drug-likeness (QED) is 0.419. The van der Waals surface area contributed by atoms with Crippen molar-refractivity contribution in [2.45, 2.75) is 66.7 Å². The smallest absolute Gasteiger partial charge is 0.0200 e. The van der Waals surface area contributed by atoms with E-state index < -0.39 is 0 Å². The van der Waals surface area contributed by atoms with Gasteiger partial charge in [-0.05, 0) is 51.4 Å². The molecule has 18 heavy (non-hydrogen) atoms. The molecule has 0 rings (SSSR count). The zero-order valence-electron chi connectivity index (χ0n) is 13.2. The highest BCUT2D eigenvalue weighted by Gasteiger charge is 2.09. The zero-order valence-corrected chi connectivity index (χ0v) is 13.2. The summed E-state index contributed by atoms with van der Waals surface area (Å²) in [6.45, 7) is 19.2. The molecule has 0 spiro atoms. The van der Waals surface area contributed by atoms with E-state index >= 15 is 0 Å². The third kappa shape index (κ3) is 7.53. The second kappa shape index (κ2) is 9.19. The largest absolute Gasteiger partial charge is 0.0999 e. The summed E-state index contributed by atoms with van der Waals surface area (Å²) >= 11 is 0. The van der Waals surface area contributed by atoms with Crippen LogP contribution < -0.4 is 0 Å². The van der Waals surface area contributed by atoms with Crippen molar-refractivity contribution in [3.05, 3.63) is 36.0 Å². The Bertz CT molecular complexity index is 293. The van der Waals surface area contributed by atoms with Gasteiger partial charge in [-0.1, -0.05) is 63.1 Å². The summed E-state index contributed by atoms with van der Waals surface area (Å²) in [5.41, 5.74) is 4.21. The van der Waals surface area contributed by atoms with Crippen LogP contribution in [0.5, 0.6) is 0 Å². The fourth-order valence-corrected chi connectivity index (χ4v) is 1.85. The van der Waals surface area contributed by atoms with Crippen molar-refractivity contribution in [2.24, 2.45) is 11.8 Å². The van der Waals surface area contributed by atoms with Crippen LogP contribution in [0.15, 0.2) is 36.0 Å². The SMILES string of the molecule is C=C(C)C(C)CCC(=CCCC)CC(C)C(=C)C. The average Bonchev–Trinajstić information content (AvgIpc) is 2.31. The van der Waals surface area contributed by atoms with Crippen molar-refractivity contribution in [3.8, 4) is 0 Å². The molecule has 0 nitrogen and oxygen atoms in total. The van der Waals surface area contributed by atoms with E-state index in [4.69, 9.17) is 0 Å². The Morgan fingerprint density at radius 2 is 1.61 bits per heavy atom. The minimum absolute atomic E-state index is 0.605. The molecule has 0 bridgehead atoms. The molecule has 0 heteroatoms. The molecule has 0 aromatic carbocycles. The summed E-state index contributed by atoms with van der Waals surface area (Å²) in [5.74, 6) is 1.24. The van der Waals surface area contributed by atoms with Crippen molar-refractivity contribution in [2.75, 3.05) is 0 Å². The fraction of sp³-hybridized carbons (Fsp3) is 0.667. The zero-order chi connectivity index (χ0) is 14.1. The summed E-state index contributed by atoms with van der Waals surface area (Å²) in [6.07, 6.45) is 8.52. The van der Waals surface area contributed by atoms with Crippen LogP contribution in [0.4, 0.5) is 0 Å². The van der Waals surface area contributed by atoms with E-state index in [1.54, 1.807) is 5.57 Å². The summed E-state index contributed by atoms with van der Waals surface area (Å²) in [7, 11) is 0. The van der Waals surface area contributed by atoms with E-state index in [0.29, 0.717) is 11.8 Å². The Hall–Kier alpha value is -0.780. The van der Waals surface area contributed by atoms with E-state index in [0.717, 1.165) is 0 Å². The molecule has 0 aromatic rings. The van der Waals surface area contributed by atoms with Crippen molar-refractivity contribution in [3.63, 3.8) is 0 Å². The monoisotopic (exact) mass is 248 g/mol. The van der Waals surface area contributed by atoms with Gasteiger partial charge in [0.1, 0.15) is 0 Å². The molecule has 2 atom stereocenters. The molecular formula is C18H32. The first-order chi connectivity index (χ1) is 8.38. The van der Waals surface area contributed by atoms with Gasteiger partial charge >= 0.3 is 0 Å². The van der Waals surface area contributed by atoms with Crippen LogP contribution in [0, 0.1) is 11.8 Å². The van der Waals surface area contributed by atoms with Gasteiger partial charge in [-0.25, -0.2) is 0 Å². The third-order valence-corrected chi connectivity index (χ3v) is 3.87. The molecule has 2 unspecified atom stereocenters. The Labute approximate surface area is 115 Å². The fourth-order valence-electron chi connectivity index (χ4n) is 1.85. The molecule has 0 aliphatic carbocycles. The second-order valence-electron chi connectivity index (χ2n) is 5.89.